The molecule has 0 fully saturated rings. The van der Waals surface area contributed by atoms with Gasteiger partial charge in [0.1, 0.15) is 10.0 Å². The van der Waals surface area contributed by atoms with Crippen LogP contribution in [0.2, 0.25) is 0 Å². The number of thiazole rings is 2. The number of aromatic carboxylic acids is 1. The summed E-state index contributed by atoms with van der Waals surface area (Å²) in [7, 11) is 0. The van der Waals surface area contributed by atoms with E-state index in [-0.39, 0.29) is 11.3 Å². The van der Waals surface area contributed by atoms with Crippen LogP contribution in [0, 0.1) is 13.8 Å². The number of carboxylic acids is 1. The Labute approximate surface area is 337 Å². The van der Waals surface area contributed by atoms with E-state index in [1.165, 1.54) is 27.5 Å². The van der Waals surface area contributed by atoms with Gasteiger partial charge in [-0.3, -0.25) is 4.79 Å². The molecular weight excluding hydrogens is 759 g/mol. The number of carbonyl (C=O) groups is 2. The first kappa shape index (κ1) is 40.2. The molecule has 14 heteroatoms. The van der Waals surface area contributed by atoms with E-state index in [0.717, 1.165) is 40.4 Å². The Bertz CT molecular complexity index is 2510. The molecular formula is C43H39N7O5S2. The highest BCUT2D eigenvalue weighted by atomic mass is 32.1. The first-order valence-electron chi connectivity index (χ1n) is 18.0. The van der Waals surface area contributed by atoms with Crippen molar-refractivity contribution in [3.8, 4) is 43.9 Å². The van der Waals surface area contributed by atoms with Crippen molar-refractivity contribution in [1.29, 1.82) is 0 Å². The number of Topliss-reactive ketones (excluding diaryl/α,β-unsaturated/α-hetero) is 1. The molecule has 57 heavy (non-hydrogen) atoms. The number of hydrogen-bond donors (Lipinski definition) is 2. The van der Waals surface area contributed by atoms with Crippen LogP contribution in [0.4, 0.5) is 0 Å². The Morgan fingerprint density at radius 2 is 1.11 bits per heavy atom. The van der Waals surface area contributed by atoms with E-state index in [2.05, 4.69) is 54.5 Å². The molecule has 0 unspecified atom stereocenters. The van der Waals surface area contributed by atoms with Crippen LogP contribution >= 0.6 is 22.7 Å². The van der Waals surface area contributed by atoms with E-state index in [9.17, 15) is 9.59 Å². The van der Waals surface area contributed by atoms with Crippen LogP contribution in [-0.2, 0) is 12.8 Å². The Balaban J connectivity index is 0.000000159. The minimum atomic E-state index is -0.975. The number of benzene rings is 4. The average molecular weight is 798 g/mol. The average Bonchev–Trinajstić information content (AvgIpc) is 4.09. The van der Waals surface area contributed by atoms with E-state index in [4.69, 9.17) is 19.9 Å². The van der Waals surface area contributed by atoms with Crippen molar-refractivity contribution < 1.29 is 23.7 Å². The number of rotatable bonds is 12. The fourth-order valence-corrected chi connectivity index (χ4v) is 7.33. The van der Waals surface area contributed by atoms with Gasteiger partial charge in [-0.05, 0) is 44.0 Å². The Morgan fingerprint density at radius 1 is 0.632 bits per heavy atom. The van der Waals surface area contributed by atoms with Gasteiger partial charge in [-0.2, -0.15) is 9.97 Å². The molecule has 0 saturated heterocycles. The molecule has 0 spiro atoms. The number of nitrogens with two attached hydrogens (primary N) is 1. The second-order valence-corrected chi connectivity index (χ2v) is 14.8. The van der Waals surface area contributed by atoms with Crippen molar-refractivity contribution in [2.45, 2.75) is 39.5 Å². The SMILES string of the molecule is Cc1nc(-c2cccc(C(=O)CCCc3cnc(-c4ccccc4)s3)c2)no1.Cc1nc(-c2cccc(C(=O)O)c2)no1.NCCc1cnc(-c2ccccc2)s1. The molecule has 12 nitrogen and oxygen atoms in total. The molecule has 0 aliphatic carbocycles. The molecule has 0 amide bonds. The maximum Gasteiger partial charge on any atom is 0.335 e. The maximum absolute atomic E-state index is 12.6. The predicted octanol–water partition coefficient (Wildman–Crippen LogP) is 9.43. The van der Waals surface area contributed by atoms with E-state index in [1.807, 2.05) is 73.1 Å². The number of aryl methyl sites for hydroxylation is 3. The van der Waals surface area contributed by atoms with Crippen molar-refractivity contribution in [1.82, 2.24) is 30.2 Å². The topological polar surface area (TPSA) is 184 Å². The summed E-state index contributed by atoms with van der Waals surface area (Å²) in [4.78, 5) is 42.8. The van der Waals surface area contributed by atoms with Crippen LogP contribution < -0.4 is 5.73 Å². The fourth-order valence-electron chi connectivity index (χ4n) is 5.44. The van der Waals surface area contributed by atoms with Gasteiger partial charge in [-0.1, -0.05) is 101 Å². The lowest BCUT2D eigenvalue weighted by Gasteiger charge is -2.02. The van der Waals surface area contributed by atoms with Gasteiger partial charge >= 0.3 is 5.97 Å². The van der Waals surface area contributed by atoms with Crippen LogP contribution in [0.15, 0.2) is 131 Å². The molecule has 3 N–H and O–H groups in total. The molecule has 0 saturated carbocycles. The minimum Gasteiger partial charge on any atom is -0.478 e. The van der Waals surface area contributed by atoms with Crippen LogP contribution in [-0.4, -0.2) is 53.7 Å². The lowest BCUT2D eigenvalue weighted by atomic mass is 10.0. The first-order valence-corrected chi connectivity index (χ1v) is 19.7. The van der Waals surface area contributed by atoms with Crippen LogP contribution in [0.25, 0.3) is 43.9 Å². The molecule has 4 heterocycles. The summed E-state index contributed by atoms with van der Waals surface area (Å²) in [6.07, 6.45) is 6.88. The summed E-state index contributed by atoms with van der Waals surface area (Å²) in [6.45, 7) is 4.11. The third-order valence-electron chi connectivity index (χ3n) is 8.23. The van der Waals surface area contributed by atoms with Gasteiger partial charge in [0.2, 0.25) is 23.4 Å². The van der Waals surface area contributed by atoms with E-state index >= 15 is 0 Å². The number of nitrogens with zero attached hydrogens (tertiary/aromatic N) is 6. The summed E-state index contributed by atoms with van der Waals surface area (Å²) < 4.78 is 9.83. The smallest absolute Gasteiger partial charge is 0.335 e. The first-order chi connectivity index (χ1) is 27.7. The number of carbonyl (C=O) groups excluding carboxylic acids is 1. The molecule has 8 aromatic rings. The summed E-state index contributed by atoms with van der Waals surface area (Å²) in [5.41, 5.74) is 10.1. The third kappa shape index (κ3) is 11.5. The predicted molar refractivity (Wildman–Crippen MR) is 221 cm³/mol. The highest BCUT2D eigenvalue weighted by molar-refractivity contribution is 7.15. The van der Waals surface area contributed by atoms with E-state index < -0.39 is 5.97 Å². The van der Waals surface area contributed by atoms with Gasteiger partial charge in [0.25, 0.3) is 0 Å². The van der Waals surface area contributed by atoms with Crippen molar-refractivity contribution in [2.24, 2.45) is 5.73 Å². The van der Waals surface area contributed by atoms with E-state index in [0.29, 0.717) is 47.5 Å². The summed E-state index contributed by atoms with van der Waals surface area (Å²) in [5, 5.41) is 18.5. The molecule has 0 bridgehead atoms. The standard InChI is InChI=1S/C22H19N3O2S.C11H12N2S.C10H8N2O3/c1-15-24-21(25-27-15)18-10-5-9-17(13-18)20(26)12-6-11-19-14-23-22(28-19)16-7-3-2-4-8-16;12-7-6-10-8-13-11(14-10)9-4-2-1-3-5-9;1-6-11-9(12-15-6)7-3-2-4-8(5-7)10(13)14/h2-5,7-10,13-14H,6,11-12H2,1H3;1-5,8H,6-7,12H2;2-5H,1H3,(H,13,14). The Kier molecular flexibility index (Phi) is 14.0. The summed E-state index contributed by atoms with van der Waals surface area (Å²) >= 11 is 3.41. The molecule has 4 aromatic heterocycles. The Hall–Kier alpha value is -6.48. The van der Waals surface area contributed by atoms with Crippen molar-refractivity contribution >= 4 is 34.4 Å². The molecule has 8 rings (SSSR count). The molecule has 0 aliphatic heterocycles. The van der Waals surface area contributed by atoms with Gasteiger partial charge in [0, 0.05) is 70.2 Å². The maximum atomic E-state index is 12.6. The van der Waals surface area contributed by atoms with Crippen LogP contribution in [0.5, 0.6) is 0 Å². The molecule has 0 atom stereocenters. The highest BCUT2D eigenvalue weighted by Crippen LogP contribution is 2.27. The number of aromatic nitrogens is 6. The van der Waals surface area contributed by atoms with E-state index in [1.54, 1.807) is 48.7 Å². The lowest BCUT2D eigenvalue weighted by molar-refractivity contribution is 0.0696. The second kappa shape index (κ2) is 19.9. The highest BCUT2D eigenvalue weighted by Gasteiger charge is 2.12. The zero-order chi connectivity index (χ0) is 40.0. The van der Waals surface area contributed by atoms with Crippen LogP contribution in [0.1, 0.15) is 55.1 Å². The number of ketones is 1. The van der Waals surface area contributed by atoms with Gasteiger partial charge in [0.05, 0.1) is 5.56 Å². The van der Waals surface area contributed by atoms with Crippen molar-refractivity contribution in [3.63, 3.8) is 0 Å². The van der Waals surface area contributed by atoms with Gasteiger partial charge in [-0.15, -0.1) is 22.7 Å². The minimum absolute atomic E-state index is 0.120. The third-order valence-corrected chi connectivity index (χ3v) is 10.4. The molecule has 4 aromatic carbocycles. The van der Waals surface area contributed by atoms with Gasteiger partial charge in [-0.25, -0.2) is 14.8 Å². The molecule has 0 aliphatic rings. The molecule has 0 radical (unpaired) electrons. The van der Waals surface area contributed by atoms with Gasteiger partial charge < -0.3 is 19.9 Å². The largest absolute Gasteiger partial charge is 0.478 e. The summed E-state index contributed by atoms with van der Waals surface area (Å²) in [6, 6.07) is 34.1. The zero-order valence-electron chi connectivity index (χ0n) is 31.2. The molecule has 288 valence electrons. The van der Waals surface area contributed by atoms with Crippen LogP contribution in [0.3, 0.4) is 0 Å². The zero-order valence-corrected chi connectivity index (χ0v) is 32.9. The summed E-state index contributed by atoms with van der Waals surface area (Å²) in [5.74, 6) is 1.00. The monoisotopic (exact) mass is 797 g/mol. The van der Waals surface area contributed by atoms with Gasteiger partial charge in [0.15, 0.2) is 5.78 Å². The number of hydrogen-bond acceptors (Lipinski definition) is 13. The Morgan fingerprint density at radius 3 is 1.58 bits per heavy atom. The quantitative estimate of drug-likeness (QED) is 0.112. The number of carboxylic acid groups (broad SMARTS) is 1. The van der Waals surface area contributed by atoms with Crippen molar-refractivity contribution in [3.05, 3.63) is 154 Å². The second-order valence-electron chi connectivity index (χ2n) is 12.6. The lowest BCUT2D eigenvalue weighted by Crippen LogP contribution is -2.00. The normalized spacial score (nSPS) is 10.6. The fraction of sp³-hybridized carbons (Fsp3) is 0.163. The van der Waals surface area contributed by atoms with Crippen molar-refractivity contribution in [2.75, 3.05) is 6.54 Å².